The maximum Gasteiger partial charge on any atom is 0.331 e. The largest absolute Gasteiger partial charge is 0.497 e. The lowest BCUT2D eigenvalue weighted by atomic mass is 9.67. The van der Waals surface area contributed by atoms with E-state index in [1.54, 1.807) is 62.6 Å². The lowest BCUT2D eigenvalue weighted by Gasteiger charge is -2.31. The summed E-state index contributed by atoms with van der Waals surface area (Å²) in [4.78, 5) is 38.8. The van der Waals surface area contributed by atoms with Gasteiger partial charge in [0.25, 0.3) is 0 Å². The first kappa shape index (κ1) is 19.1. The Hall–Kier alpha value is -3.19. The third kappa shape index (κ3) is 2.50. The van der Waals surface area contributed by atoms with Crippen molar-refractivity contribution in [2.75, 3.05) is 14.2 Å². The van der Waals surface area contributed by atoms with Gasteiger partial charge in [-0.25, -0.2) is 4.79 Å². The van der Waals surface area contributed by atoms with Crippen LogP contribution in [0.4, 0.5) is 0 Å². The fourth-order valence-corrected chi connectivity index (χ4v) is 4.63. The molecule has 2 aliphatic rings. The van der Waals surface area contributed by atoms with E-state index in [-0.39, 0.29) is 0 Å². The average Bonchev–Trinajstić information content (AvgIpc) is 3.17. The number of cyclic esters (lactones) is 2. The second-order valence-corrected chi connectivity index (χ2v) is 7.44. The predicted molar refractivity (Wildman–Crippen MR) is 102 cm³/mol. The smallest absolute Gasteiger partial charge is 0.331 e. The lowest BCUT2D eigenvalue weighted by Crippen LogP contribution is -2.52. The number of esters is 3. The molecule has 0 spiro atoms. The molecule has 0 aromatic heterocycles. The van der Waals surface area contributed by atoms with Gasteiger partial charge in [-0.15, -0.1) is 0 Å². The molecule has 0 bridgehead atoms. The van der Waals surface area contributed by atoms with Crippen LogP contribution in [0, 0.1) is 11.3 Å². The summed E-state index contributed by atoms with van der Waals surface area (Å²) in [5, 5.41) is 3.29. The van der Waals surface area contributed by atoms with Crippen LogP contribution in [-0.2, 0) is 29.4 Å². The van der Waals surface area contributed by atoms with Crippen LogP contribution in [0.25, 0.3) is 0 Å². The zero-order chi connectivity index (χ0) is 20.8. The van der Waals surface area contributed by atoms with Crippen molar-refractivity contribution in [2.24, 2.45) is 11.3 Å². The number of fused-ring (bicyclic) bond motifs is 1. The molecular formula is C22H21NO6. The molecule has 1 N–H and O–H groups in total. The Morgan fingerprint density at radius 1 is 1.03 bits per heavy atom. The molecule has 0 unspecified atom stereocenters. The Labute approximate surface area is 168 Å². The highest BCUT2D eigenvalue weighted by Crippen LogP contribution is 2.60. The molecule has 2 aromatic rings. The van der Waals surface area contributed by atoms with Gasteiger partial charge in [0.15, 0.2) is 5.54 Å². The van der Waals surface area contributed by atoms with Gasteiger partial charge in [-0.05, 0) is 30.2 Å². The Kier molecular flexibility index (Phi) is 4.42. The first-order valence-corrected chi connectivity index (χ1v) is 9.21. The number of methoxy groups -OCH3 is 2. The maximum atomic E-state index is 13.1. The minimum Gasteiger partial charge on any atom is -0.497 e. The zero-order valence-electron chi connectivity index (χ0n) is 16.3. The molecule has 2 fully saturated rings. The lowest BCUT2D eigenvalue weighted by molar-refractivity contribution is -0.160. The molecule has 2 aromatic carbocycles. The third-order valence-corrected chi connectivity index (χ3v) is 6.06. The molecule has 0 saturated carbocycles. The Bertz CT molecular complexity index is 973. The highest BCUT2D eigenvalue weighted by molar-refractivity contribution is 6.05. The SMILES string of the molecule is COC(=O)[C@]1(c2ccccc2)N[C@H](c2ccc(OC)cc2)[C@]2(C)C(=O)OC(=O)[C@@H]21. The average molecular weight is 395 g/mol. The molecule has 7 heteroatoms. The summed E-state index contributed by atoms with van der Waals surface area (Å²) in [5.41, 5.74) is -1.59. The number of carbonyl (C=O) groups excluding carboxylic acids is 3. The molecule has 4 rings (SSSR count). The quantitative estimate of drug-likeness (QED) is 0.626. The van der Waals surface area contributed by atoms with E-state index in [9.17, 15) is 14.4 Å². The zero-order valence-corrected chi connectivity index (χ0v) is 16.3. The van der Waals surface area contributed by atoms with Crippen molar-refractivity contribution >= 4 is 17.9 Å². The van der Waals surface area contributed by atoms with Crippen molar-refractivity contribution in [1.82, 2.24) is 5.32 Å². The first-order valence-electron chi connectivity index (χ1n) is 9.21. The van der Waals surface area contributed by atoms with Gasteiger partial charge in [0, 0.05) is 0 Å². The van der Waals surface area contributed by atoms with Crippen LogP contribution in [0.2, 0.25) is 0 Å². The Morgan fingerprint density at radius 2 is 1.69 bits per heavy atom. The number of carbonyl (C=O) groups is 3. The molecule has 0 aliphatic carbocycles. The van der Waals surface area contributed by atoms with Crippen molar-refractivity contribution in [3.63, 3.8) is 0 Å². The van der Waals surface area contributed by atoms with E-state index >= 15 is 0 Å². The van der Waals surface area contributed by atoms with Crippen LogP contribution >= 0.6 is 0 Å². The summed E-state index contributed by atoms with van der Waals surface area (Å²) in [6.07, 6.45) is 0. The third-order valence-electron chi connectivity index (χ3n) is 6.06. The minimum absolute atomic E-state index is 0.533. The summed E-state index contributed by atoms with van der Waals surface area (Å²) in [5.74, 6) is -2.48. The molecular weight excluding hydrogens is 374 g/mol. The van der Waals surface area contributed by atoms with E-state index < -0.39 is 40.8 Å². The number of nitrogens with one attached hydrogen (secondary N) is 1. The Morgan fingerprint density at radius 3 is 2.28 bits per heavy atom. The van der Waals surface area contributed by atoms with E-state index in [0.29, 0.717) is 11.3 Å². The van der Waals surface area contributed by atoms with Gasteiger partial charge in [-0.2, -0.15) is 0 Å². The van der Waals surface area contributed by atoms with Gasteiger partial charge in [0.1, 0.15) is 17.1 Å². The van der Waals surface area contributed by atoms with Gasteiger partial charge < -0.3 is 14.2 Å². The molecule has 2 aliphatic heterocycles. The summed E-state index contributed by atoms with van der Waals surface area (Å²) in [6.45, 7) is 1.65. The molecule has 2 heterocycles. The second-order valence-electron chi connectivity index (χ2n) is 7.44. The fraction of sp³-hybridized carbons (Fsp3) is 0.318. The van der Waals surface area contributed by atoms with E-state index in [0.717, 1.165) is 5.56 Å². The van der Waals surface area contributed by atoms with E-state index in [2.05, 4.69) is 5.32 Å². The highest BCUT2D eigenvalue weighted by atomic mass is 16.6. The minimum atomic E-state index is -1.56. The topological polar surface area (TPSA) is 90.9 Å². The van der Waals surface area contributed by atoms with Crippen LogP contribution in [0.15, 0.2) is 54.6 Å². The van der Waals surface area contributed by atoms with Crippen molar-refractivity contribution in [3.8, 4) is 5.75 Å². The molecule has 7 nitrogen and oxygen atoms in total. The summed E-state index contributed by atoms with van der Waals surface area (Å²) >= 11 is 0. The van der Waals surface area contributed by atoms with E-state index in [4.69, 9.17) is 14.2 Å². The summed E-state index contributed by atoms with van der Waals surface area (Å²) in [6, 6.07) is 15.3. The van der Waals surface area contributed by atoms with Crippen LogP contribution in [0.3, 0.4) is 0 Å². The van der Waals surface area contributed by atoms with Gasteiger partial charge in [-0.3, -0.25) is 14.9 Å². The van der Waals surface area contributed by atoms with Crippen LogP contribution in [0.1, 0.15) is 24.1 Å². The van der Waals surface area contributed by atoms with Gasteiger partial charge in [0.2, 0.25) is 0 Å². The monoisotopic (exact) mass is 395 g/mol. The van der Waals surface area contributed by atoms with Gasteiger partial charge in [0.05, 0.1) is 20.3 Å². The number of hydrogen-bond acceptors (Lipinski definition) is 7. The van der Waals surface area contributed by atoms with Crippen molar-refractivity contribution in [1.29, 1.82) is 0 Å². The fourth-order valence-electron chi connectivity index (χ4n) is 4.63. The first-order chi connectivity index (χ1) is 13.9. The standard InChI is InChI=1S/C22H21NO6/c1-21-16(18(24)29-19(21)25)22(20(26)28-3,14-7-5-4-6-8-14)23-17(21)13-9-11-15(27-2)12-10-13/h4-12,16-17,23H,1-3H3/t16-,17+,21+,22+/m0/s1. The number of hydrogen-bond donors (Lipinski definition) is 1. The number of benzene rings is 2. The molecule has 4 atom stereocenters. The van der Waals surface area contributed by atoms with E-state index in [1.165, 1.54) is 7.11 Å². The van der Waals surface area contributed by atoms with Crippen LogP contribution in [0.5, 0.6) is 5.75 Å². The van der Waals surface area contributed by atoms with Gasteiger partial charge in [-0.1, -0.05) is 42.5 Å². The summed E-state index contributed by atoms with van der Waals surface area (Å²) < 4.78 is 15.4. The molecule has 150 valence electrons. The maximum absolute atomic E-state index is 13.1. The van der Waals surface area contributed by atoms with Crippen molar-refractivity contribution < 1.29 is 28.6 Å². The predicted octanol–water partition coefficient (Wildman–Crippen LogP) is 2.11. The second kappa shape index (κ2) is 6.70. The van der Waals surface area contributed by atoms with Crippen molar-refractivity contribution in [3.05, 3.63) is 65.7 Å². The van der Waals surface area contributed by atoms with Crippen molar-refractivity contribution in [2.45, 2.75) is 18.5 Å². The van der Waals surface area contributed by atoms with Gasteiger partial charge >= 0.3 is 17.9 Å². The summed E-state index contributed by atoms with van der Waals surface area (Å²) in [7, 11) is 2.82. The number of rotatable bonds is 4. The number of ether oxygens (including phenoxy) is 3. The highest BCUT2D eigenvalue weighted by Gasteiger charge is 2.75. The molecule has 0 radical (unpaired) electrons. The normalized spacial score (nSPS) is 30.6. The molecule has 29 heavy (non-hydrogen) atoms. The van der Waals surface area contributed by atoms with Crippen LogP contribution in [-0.4, -0.2) is 32.1 Å². The van der Waals surface area contributed by atoms with Crippen LogP contribution < -0.4 is 10.1 Å². The molecule has 2 saturated heterocycles. The Balaban J connectivity index is 1.94. The molecule has 0 amide bonds. The van der Waals surface area contributed by atoms with E-state index in [1.807, 2.05) is 6.07 Å².